The first-order valence-electron chi connectivity index (χ1n) is 6.90. The molecule has 0 aromatic heterocycles. The predicted octanol–water partition coefficient (Wildman–Crippen LogP) is 0.703. The Morgan fingerprint density at radius 1 is 1.23 bits per heavy atom. The molecule has 0 bridgehead atoms. The molecule has 1 aromatic rings. The van der Waals surface area contributed by atoms with E-state index in [2.05, 4.69) is 15.4 Å². The molecule has 0 aliphatic heterocycles. The van der Waals surface area contributed by atoms with Crippen LogP contribution in [0.3, 0.4) is 0 Å². The van der Waals surface area contributed by atoms with Gasteiger partial charge >= 0.3 is 0 Å². The lowest BCUT2D eigenvalue weighted by Crippen LogP contribution is -2.45. The number of hydrogen-bond acceptors (Lipinski definition) is 4. The standard InChI is InChI=1S/C14H21N3O4S/c1-4-9-15-13(18)10(2)16-14(19)11-7-5-6-8-12(11)17-22(3,20)21/h5-8,10,17H,4,9H2,1-3H3,(H,15,18)(H,16,19). The first-order valence-corrected chi connectivity index (χ1v) is 8.79. The Labute approximate surface area is 130 Å². The summed E-state index contributed by atoms with van der Waals surface area (Å²) in [5.41, 5.74) is 0.326. The van der Waals surface area contributed by atoms with E-state index in [9.17, 15) is 18.0 Å². The lowest BCUT2D eigenvalue weighted by molar-refractivity contribution is -0.122. The summed E-state index contributed by atoms with van der Waals surface area (Å²) >= 11 is 0. The minimum absolute atomic E-state index is 0.156. The minimum atomic E-state index is -3.50. The van der Waals surface area contributed by atoms with Crippen molar-refractivity contribution in [3.05, 3.63) is 29.8 Å². The third-order valence-corrected chi connectivity index (χ3v) is 3.35. The van der Waals surface area contributed by atoms with Crippen LogP contribution in [0.1, 0.15) is 30.6 Å². The van der Waals surface area contributed by atoms with Crippen molar-refractivity contribution in [1.82, 2.24) is 10.6 Å². The van der Waals surface area contributed by atoms with Crippen LogP contribution in [0, 0.1) is 0 Å². The topological polar surface area (TPSA) is 104 Å². The van der Waals surface area contributed by atoms with Gasteiger partial charge in [0.2, 0.25) is 15.9 Å². The SMILES string of the molecule is CCCNC(=O)C(C)NC(=O)c1ccccc1NS(C)(=O)=O. The Hall–Kier alpha value is -2.09. The second kappa shape index (κ2) is 7.79. The van der Waals surface area contributed by atoms with Gasteiger partial charge in [-0.25, -0.2) is 8.42 Å². The van der Waals surface area contributed by atoms with Crippen molar-refractivity contribution in [3.8, 4) is 0 Å². The summed E-state index contributed by atoms with van der Waals surface area (Å²) in [5, 5.41) is 5.22. The molecule has 0 saturated carbocycles. The molecule has 22 heavy (non-hydrogen) atoms. The highest BCUT2D eigenvalue weighted by Gasteiger charge is 2.19. The third-order valence-electron chi connectivity index (χ3n) is 2.76. The Morgan fingerprint density at radius 2 is 1.86 bits per heavy atom. The minimum Gasteiger partial charge on any atom is -0.354 e. The Balaban J connectivity index is 2.83. The summed E-state index contributed by atoms with van der Waals surface area (Å²) in [7, 11) is -3.50. The normalized spacial score (nSPS) is 12.3. The molecule has 0 radical (unpaired) electrons. The van der Waals surface area contributed by atoms with Gasteiger partial charge in [0.1, 0.15) is 6.04 Å². The molecule has 1 unspecified atom stereocenters. The van der Waals surface area contributed by atoms with Crippen LogP contribution in [0.2, 0.25) is 0 Å². The molecule has 3 N–H and O–H groups in total. The molecule has 122 valence electrons. The zero-order valence-corrected chi connectivity index (χ0v) is 13.7. The Morgan fingerprint density at radius 3 is 2.45 bits per heavy atom. The molecule has 2 amide bonds. The number of amides is 2. The summed E-state index contributed by atoms with van der Waals surface area (Å²) in [4.78, 5) is 24.0. The predicted molar refractivity (Wildman–Crippen MR) is 85.1 cm³/mol. The van der Waals surface area contributed by atoms with Crippen molar-refractivity contribution in [1.29, 1.82) is 0 Å². The van der Waals surface area contributed by atoms with Crippen molar-refractivity contribution in [2.24, 2.45) is 0 Å². The lowest BCUT2D eigenvalue weighted by Gasteiger charge is -2.15. The van der Waals surface area contributed by atoms with Crippen molar-refractivity contribution in [3.63, 3.8) is 0 Å². The molecule has 1 atom stereocenters. The van der Waals surface area contributed by atoms with Crippen LogP contribution in [-0.4, -0.2) is 39.1 Å². The van der Waals surface area contributed by atoms with E-state index < -0.39 is 22.0 Å². The van der Waals surface area contributed by atoms with Crippen molar-refractivity contribution in [2.75, 3.05) is 17.5 Å². The number of anilines is 1. The van der Waals surface area contributed by atoms with Crippen LogP contribution < -0.4 is 15.4 Å². The van der Waals surface area contributed by atoms with Gasteiger partial charge in [-0.15, -0.1) is 0 Å². The molecule has 1 aromatic carbocycles. The van der Waals surface area contributed by atoms with Gasteiger partial charge in [-0.2, -0.15) is 0 Å². The number of nitrogens with one attached hydrogen (secondary N) is 3. The molecular weight excluding hydrogens is 306 g/mol. The fourth-order valence-corrected chi connectivity index (χ4v) is 2.29. The van der Waals surface area contributed by atoms with Crippen LogP contribution in [0.4, 0.5) is 5.69 Å². The van der Waals surface area contributed by atoms with E-state index in [1.54, 1.807) is 19.1 Å². The molecule has 0 fully saturated rings. The van der Waals surface area contributed by atoms with Crippen molar-refractivity contribution < 1.29 is 18.0 Å². The lowest BCUT2D eigenvalue weighted by atomic mass is 10.1. The fourth-order valence-electron chi connectivity index (χ4n) is 1.71. The molecule has 8 heteroatoms. The Kier molecular flexibility index (Phi) is 6.36. The quantitative estimate of drug-likeness (QED) is 0.686. The number of sulfonamides is 1. The van der Waals surface area contributed by atoms with Crippen LogP contribution in [0.5, 0.6) is 0 Å². The van der Waals surface area contributed by atoms with Gasteiger partial charge in [0.25, 0.3) is 5.91 Å². The molecule has 0 aliphatic carbocycles. The van der Waals surface area contributed by atoms with Crippen LogP contribution in [-0.2, 0) is 14.8 Å². The molecule has 0 heterocycles. The Bertz CT molecular complexity index is 643. The zero-order chi connectivity index (χ0) is 16.8. The average Bonchev–Trinajstić information content (AvgIpc) is 2.43. The van der Waals surface area contributed by atoms with Crippen LogP contribution in [0.15, 0.2) is 24.3 Å². The van der Waals surface area contributed by atoms with E-state index in [1.807, 2.05) is 6.92 Å². The van der Waals surface area contributed by atoms with E-state index >= 15 is 0 Å². The summed E-state index contributed by atoms with van der Waals surface area (Å²) < 4.78 is 24.9. The third kappa shape index (κ3) is 5.72. The number of rotatable bonds is 7. The monoisotopic (exact) mass is 327 g/mol. The van der Waals surface area contributed by atoms with Crippen molar-refractivity contribution in [2.45, 2.75) is 26.3 Å². The highest BCUT2D eigenvalue weighted by Crippen LogP contribution is 2.16. The number of benzene rings is 1. The van der Waals surface area contributed by atoms with E-state index in [1.165, 1.54) is 12.1 Å². The van der Waals surface area contributed by atoms with E-state index in [4.69, 9.17) is 0 Å². The number of carbonyl (C=O) groups is 2. The molecular formula is C14H21N3O4S. The van der Waals surface area contributed by atoms with Gasteiger partial charge in [-0.3, -0.25) is 14.3 Å². The fraction of sp³-hybridized carbons (Fsp3) is 0.429. The highest BCUT2D eigenvalue weighted by atomic mass is 32.2. The summed E-state index contributed by atoms with van der Waals surface area (Å²) in [6.45, 7) is 4.03. The maximum atomic E-state index is 12.2. The molecule has 0 saturated heterocycles. The largest absolute Gasteiger partial charge is 0.354 e. The molecule has 7 nitrogen and oxygen atoms in total. The highest BCUT2D eigenvalue weighted by molar-refractivity contribution is 7.92. The molecule has 0 aliphatic rings. The van der Waals surface area contributed by atoms with Gasteiger partial charge in [-0.05, 0) is 25.5 Å². The summed E-state index contributed by atoms with van der Waals surface area (Å²) in [6.07, 6.45) is 1.80. The van der Waals surface area contributed by atoms with Gasteiger partial charge in [0.05, 0.1) is 17.5 Å². The van der Waals surface area contributed by atoms with Gasteiger partial charge in [-0.1, -0.05) is 19.1 Å². The zero-order valence-electron chi connectivity index (χ0n) is 12.8. The maximum absolute atomic E-state index is 12.2. The van der Waals surface area contributed by atoms with Crippen LogP contribution in [0.25, 0.3) is 0 Å². The summed E-state index contributed by atoms with van der Waals surface area (Å²) in [6, 6.07) is 5.48. The second-order valence-electron chi connectivity index (χ2n) is 4.91. The summed E-state index contributed by atoms with van der Waals surface area (Å²) in [5.74, 6) is -0.811. The number of carbonyl (C=O) groups excluding carboxylic acids is 2. The van der Waals surface area contributed by atoms with E-state index in [0.717, 1.165) is 12.7 Å². The van der Waals surface area contributed by atoms with Gasteiger partial charge in [0, 0.05) is 6.54 Å². The average molecular weight is 327 g/mol. The number of para-hydroxylation sites is 1. The number of hydrogen-bond donors (Lipinski definition) is 3. The van der Waals surface area contributed by atoms with Gasteiger partial charge < -0.3 is 10.6 Å². The maximum Gasteiger partial charge on any atom is 0.254 e. The smallest absolute Gasteiger partial charge is 0.254 e. The van der Waals surface area contributed by atoms with E-state index in [-0.39, 0.29) is 17.2 Å². The molecule has 1 rings (SSSR count). The van der Waals surface area contributed by atoms with E-state index in [0.29, 0.717) is 6.54 Å². The van der Waals surface area contributed by atoms with Gasteiger partial charge in [0.15, 0.2) is 0 Å². The first kappa shape index (κ1) is 18.0. The second-order valence-corrected chi connectivity index (χ2v) is 6.65. The first-order chi connectivity index (χ1) is 10.2. The van der Waals surface area contributed by atoms with Crippen molar-refractivity contribution >= 4 is 27.5 Å². The molecule has 0 spiro atoms. The van der Waals surface area contributed by atoms with Crippen LogP contribution >= 0.6 is 0 Å².